The number of carbonyl (C=O) groups excluding carboxylic acids is 1. The number of aromatic nitrogens is 1. The van der Waals surface area contributed by atoms with Gasteiger partial charge in [0.05, 0.1) is 0 Å². The van der Waals surface area contributed by atoms with Crippen LogP contribution in [0.3, 0.4) is 0 Å². The molecule has 1 aromatic carbocycles. The summed E-state index contributed by atoms with van der Waals surface area (Å²) in [6.07, 6.45) is 4.04. The first-order valence-corrected chi connectivity index (χ1v) is 8.11. The summed E-state index contributed by atoms with van der Waals surface area (Å²) >= 11 is 0. The molecule has 2 aromatic heterocycles. The molecular formula is C19H19N3O2. The van der Waals surface area contributed by atoms with Crippen LogP contribution in [-0.2, 0) is 0 Å². The number of furan rings is 1. The molecule has 1 aliphatic heterocycles. The van der Waals surface area contributed by atoms with Gasteiger partial charge in [0, 0.05) is 54.6 Å². The summed E-state index contributed by atoms with van der Waals surface area (Å²) in [5, 5.41) is 0.868. The van der Waals surface area contributed by atoms with Crippen molar-refractivity contribution in [2.45, 2.75) is 0 Å². The van der Waals surface area contributed by atoms with Crippen molar-refractivity contribution in [1.82, 2.24) is 9.88 Å². The monoisotopic (exact) mass is 321 g/mol. The van der Waals surface area contributed by atoms with Crippen LogP contribution < -0.4 is 4.90 Å². The summed E-state index contributed by atoms with van der Waals surface area (Å²) < 4.78 is 5.52. The lowest BCUT2D eigenvalue weighted by atomic mass is 10.0. The maximum atomic E-state index is 11.0. The highest BCUT2D eigenvalue weighted by molar-refractivity contribution is 5.95. The third-order valence-electron chi connectivity index (χ3n) is 4.63. The van der Waals surface area contributed by atoms with Gasteiger partial charge in [-0.2, -0.15) is 0 Å². The SMILES string of the molecule is CN1CCN(c2ccc(-c3coc4ncc(C=O)cc34)cc2)CC1. The highest BCUT2D eigenvalue weighted by atomic mass is 16.3. The number of nitrogens with zero attached hydrogens (tertiary/aromatic N) is 3. The van der Waals surface area contributed by atoms with Gasteiger partial charge in [0.25, 0.3) is 0 Å². The molecule has 5 nitrogen and oxygen atoms in total. The average molecular weight is 321 g/mol. The van der Waals surface area contributed by atoms with Gasteiger partial charge in [-0.25, -0.2) is 4.98 Å². The van der Waals surface area contributed by atoms with E-state index in [2.05, 4.69) is 46.1 Å². The molecule has 0 amide bonds. The average Bonchev–Trinajstić information content (AvgIpc) is 3.05. The smallest absolute Gasteiger partial charge is 0.226 e. The lowest BCUT2D eigenvalue weighted by molar-refractivity contribution is 0.112. The number of hydrogen-bond donors (Lipinski definition) is 0. The van der Waals surface area contributed by atoms with E-state index in [9.17, 15) is 4.79 Å². The zero-order valence-corrected chi connectivity index (χ0v) is 13.6. The number of carbonyl (C=O) groups is 1. The summed E-state index contributed by atoms with van der Waals surface area (Å²) in [7, 11) is 2.16. The van der Waals surface area contributed by atoms with E-state index in [1.807, 2.05) is 6.07 Å². The highest BCUT2D eigenvalue weighted by Gasteiger charge is 2.15. The molecule has 0 aliphatic carbocycles. The predicted octanol–water partition coefficient (Wildman–Crippen LogP) is 3.06. The quantitative estimate of drug-likeness (QED) is 0.694. The molecule has 0 bridgehead atoms. The predicted molar refractivity (Wildman–Crippen MR) is 94.5 cm³/mol. The Morgan fingerprint density at radius 1 is 1.12 bits per heavy atom. The van der Waals surface area contributed by atoms with Crippen molar-refractivity contribution in [1.29, 1.82) is 0 Å². The minimum absolute atomic E-state index is 0.554. The van der Waals surface area contributed by atoms with Crippen LogP contribution >= 0.6 is 0 Å². The number of hydrogen-bond acceptors (Lipinski definition) is 5. The third kappa shape index (κ3) is 2.67. The molecule has 3 heterocycles. The summed E-state index contributed by atoms with van der Waals surface area (Å²) in [6.45, 7) is 4.29. The summed E-state index contributed by atoms with van der Waals surface area (Å²) in [6, 6.07) is 10.3. The standard InChI is InChI=1S/C19H19N3O2/c1-21-6-8-22(9-7-21)16-4-2-15(3-5-16)18-13-24-19-17(18)10-14(12-23)11-20-19/h2-5,10-13H,6-9H2,1H3. The van der Waals surface area contributed by atoms with Crippen LogP contribution in [0.5, 0.6) is 0 Å². The Morgan fingerprint density at radius 2 is 1.88 bits per heavy atom. The normalized spacial score (nSPS) is 15.8. The van der Waals surface area contributed by atoms with E-state index in [1.54, 1.807) is 6.26 Å². The number of fused-ring (bicyclic) bond motifs is 1. The van der Waals surface area contributed by atoms with Crippen LogP contribution in [0.2, 0.25) is 0 Å². The molecule has 3 aromatic rings. The second kappa shape index (κ2) is 6.09. The first-order chi connectivity index (χ1) is 11.7. The Bertz CT molecular complexity index is 862. The van der Waals surface area contributed by atoms with Crippen molar-refractivity contribution in [2.24, 2.45) is 0 Å². The number of piperazine rings is 1. The van der Waals surface area contributed by atoms with Crippen molar-refractivity contribution in [3.05, 3.63) is 48.4 Å². The second-order valence-corrected chi connectivity index (χ2v) is 6.23. The molecule has 1 aliphatic rings. The zero-order chi connectivity index (χ0) is 16.5. The van der Waals surface area contributed by atoms with E-state index in [1.165, 1.54) is 11.9 Å². The van der Waals surface area contributed by atoms with Crippen molar-refractivity contribution < 1.29 is 9.21 Å². The largest absolute Gasteiger partial charge is 0.445 e. The van der Waals surface area contributed by atoms with Gasteiger partial charge in [0.15, 0.2) is 6.29 Å². The van der Waals surface area contributed by atoms with Gasteiger partial charge in [-0.05, 0) is 30.8 Å². The lowest BCUT2D eigenvalue weighted by Gasteiger charge is -2.34. The maximum absolute atomic E-state index is 11.0. The molecule has 1 fully saturated rings. The molecule has 0 radical (unpaired) electrons. The Labute approximate surface area is 140 Å². The molecule has 0 saturated carbocycles. The fourth-order valence-electron chi connectivity index (χ4n) is 3.14. The minimum atomic E-state index is 0.554. The van der Waals surface area contributed by atoms with E-state index < -0.39 is 0 Å². The van der Waals surface area contributed by atoms with Crippen LogP contribution in [-0.4, -0.2) is 49.4 Å². The fourth-order valence-corrected chi connectivity index (χ4v) is 3.14. The van der Waals surface area contributed by atoms with E-state index in [4.69, 9.17) is 4.42 Å². The van der Waals surface area contributed by atoms with Crippen molar-refractivity contribution >= 4 is 23.1 Å². The van der Waals surface area contributed by atoms with Crippen molar-refractivity contribution in [2.75, 3.05) is 38.1 Å². The number of pyridine rings is 1. The second-order valence-electron chi connectivity index (χ2n) is 6.23. The minimum Gasteiger partial charge on any atom is -0.445 e. The summed E-state index contributed by atoms with van der Waals surface area (Å²) in [4.78, 5) is 19.9. The van der Waals surface area contributed by atoms with Crippen LogP contribution in [0.15, 0.2) is 47.2 Å². The van der Waals surface area contributed by atoms with Gasteiger partial charge in [-0.15, -0.1) is 0 Å². The molecule has 24 heavy (non-hydrogen) atoms. The number of benzene rings is 1. The van der Waals surface area contributed by atoms with Gasteiger partial charge in [0.2, 0.25) is 5.71 Å². The molecule has 0 atom stereocenters. The Kier molecular flexibility index (Phi) is 3.78. The maximum Gasteiger partial charge on any atom is 0.226 e. The van der Waals surface area contributed by atoms with E-state index in [0.717, 1.165) is 49.0 Å². The van der Waals surface area contributed by atoms with Gasteiger partial charge in [0.1, 0.15) is 6.26 Å². The lowest BCUT2D eigenvalue weighted by Crippen LogP contribution is -2.44. The van der Waals surface area contributed by atoms with Crippen LogP contribution in [0.25, 0.3) is 22.2 Å². The fraction of sp³-hybridized carbons (Fsp3) is 0.263. The molecule has 0 N–H and O–H groups in total. The van der Waals surface area contributed by atoms with E-state index in [0.29, 0.717) is 11.3 Å². The van der Waals surface area contributed by atoms with Gasteiger partial charge in [-0.1, -0.05) is 12.1 Å². The Morgan fingerprint density at radius 3 is 2.58 bits per heavy atom. The topological polar surface area (TPSA) is 49.6 Å². The number of aldehydes is 1. The number of likely N-dealkylation sites (N-methyl/N-ethyl adjacent to an activating group) is 1. The number of rotatable bonds is 3. The zero-order valence-electron chi connectivity index (χ0n) is 13.6. The van der Waals surface area contributed by atoms with Crippen molar-refractivity contribution in [3.63, 3.8) is 0 Å². The summed E-state index contributed by atoms with van der Waals surface area (Å²) in [5.41, 5.74) is 4.38. The Balaban J connectivity index is 1.64. The van der Waals surface area contributed by atoms with Crippen LogP contribution in [0.4, 0.5) is 5.69 Å². The highest BCUT2D eigenvalue weighted by Crippen LogP contribution is 2.31. The van der Waals surface area contributed by atoms with Crippen LogP contribution in [0.1, 0.15) is 10.4 Å². The molecular weight excluding hydrogens is 302 g/mol. The van der Waals surface area contributed by atoms with E-state index in [-0.39, 0.29) is 0 Å². The Hall–Kier alpha value is -2.66. The molecule has 122 valence electrons. The molecule has 1 saturated heterocycles. The van der Waals surface area contributed by atoms with Gasteiger partial charge in [-0.3, -0.25) is 4.79 Å². The van der Waals surface area contributed by atoms with Crippen LogP contribution in [0, 0.1) is 0 Å². The molecule has 0 spiro atoms. The summed E-state index contributed by atoms with van der Waals surface area (Å²) in [5.74, 6) is 0. The van der Waals surface area contributed by atoms with Crippen molar-refractivity contribution in [3.8, 4) is 11.1 Å². The molecule has 5 heteroatoms. The molecule has 0 unspecified atom stereocenters. The first-order valence-electron chi connectivity index (χ1n) is 8.11. The van der Waals surface area contributed by atoms with Gasteiger partial charge >= 0.3 is 0 Å². The van der Waals surface area contributed by atoms with Gasteiger partial charge < -0.3 is 14.2 Å². The molecule has 4 rings (SSSR count). The number of anilines is 1. The third-order valence-corrected chi connectivity index (χ3v) is 4.63. The van der Waals surface area contributed by atoms with E-state index >= 15 is 0 Å². The first kappa shape index (κ1) is 14.9.